The number of aromatic nitrogens is 3. The van der Waals surface area contributed by atoms with Gasteiger partial charge in [0.05, 0.1) is 0 Å². The van der Waals surface area contributed by atoms with Gasteiger partial charge < -0.3 is 10.6 Å². The molecule has 0 spiro atoms. The Morgan fingerprint density at radius 2 is 1.81 bits per heavy atom. The minimum atomic E-state index is -0.417. The summed E-state index contributed by atoms with van der Waals surface area (Å²) < 4.78 is 0. The van der Waals surface area contributed by atoms with Crippen LogP contribution in [-0.4, -0.2) is 44.8 Å². The number of nitrogens with zero attached hydrogens (tertiary/aromatic N) is 4. The van der Waals surface area contributed by atoms with E-state index in [1.807, 2.05) is 47.4 Å². The lowest BCUT2D eigenvalue weighted by Gasteiger charge is -2.16. The van der Waals surface area contributed by atoms with E-state index in [9.17, 15) is 9.59 Å². The number of carbonyl (C=O) groups is 2. The van der Waals surface area contributed by atoms with Crippen molar-refractivity contribution >= 4 is 22.8 Å². The molecule has 2 N–H and O–H groups in total. The Hall–Kier alpha value is -3.22. The van der Waals surface area contributed by atoms with E-state index < -0.39 is 5.91 Å². The van der Waals surface area contributed by atoms with Crippen molar-refractivity contribution in [3.8, 4) is 0 Å². The van der Waals surface area contributed by atoms with Gasteiger partial charge in [-0.15, -0.1) is 0 Å². The highest BCUT2D eigenvalue weighted by Gasteiger charge is 2.27. The highest BCUT2D eigenvalue weighted by molar-refractivity contribution is 5.92. The second-order valence-corrected chi connectivity index (χ2v) is 6.98. The van der Waals surface area contributed by atoms with E-state index in [0.717, 1.165) is 36.0 Å². The van der Waals surface area contributed by atoms with Crippen LogP contribution in [0.3, 0.4) is 0 Å². The van der Waals surface area contributed by atoms with Crippen molar-refractivity contribution < 1.29 is 9.59 Å². The maximum absolute atomic E-state index is 12.6. The van der Waals surface area contributed by atoms with Crippen molar-refractivity contribution in [3.05, 3.63) is 59.7 Å². The molecule has 0 unspecified atom stereocenters. The molecule has 0 radical (unpaired) electrons. The van der Waals surface area contributed by atoms with E-state index >= 15 is 0 Å². The minimum Gasteiger partial charge on any atom is -0.366 e. The van der Waals surface area contributed by atoms with Gasteiger partial charge in [0.1, 0.15) is 17.6 Å². The standard InChI is InChI=1S/C20H21N5O2/c21-20(27)16-5-3-4-14(11-16)10-15-8-9-24(12-15)19(26)13-25-22-17-6-1-2-7-18(17)23-25/h1-7,11,15H,8-10,12-13H2,(H2,21,27)/t15-/m0/s1. The summed E-state index contributed by atoms with van der Waals surface area (Å²) in [5.74, 6) is -0.00962. The maximum atomic E-state index is 12.6. The number of carbonyl (C=O) groups excluding carboxylic acids is 2. The molecule has 1 aliphatic heterocycles. The van der Waals surface area contributed by atoms with Gasteiger partial charge in [-0.25, -0.2) is 0 Å². The average Bonchev–Trinajstić information content (AvgIpc) is 3.28. The van der Waals surface area contributed by atoms with Crippen LogP contribution < -0.4 is 5.73 Å². The molecule has 27 heavy (non-hydrogen) atoms. The summed E-state index contributed by atoms with van der Waals surface area (Å²) in [5, 5.41) is 8.70. The first-order chi connectivity index (χ1) is 13.1. The van der Waals surface area contributed by atoms with E-state index in [4.69, 9.17) is 5.73 Å². The molecule has 7 heteroatoms. The fraction of sp³-hybridized carbons (Fsp3) is 0.300. The molecule has 3 aromatic rings. The van der Waals surface area contributed by atoms with Crippen molar-refractivity contribution in [2.45, 2.75) is 19.4 Å². The van der Waals surface area contributed by atoms with E-state index in [1.54, 1.807) is 6.07 Å². The third kappa shape index (κ3) is 3.81. The van der Waals surface area contributed by atoms with Crippen LogP contribution in [0.15, 0.2) is 48.5 Å². The van der Waals surface area contributed by atoms with Crippen molar-refractivity contribution in [1.82, 2.24) is 19.9 Å². The summed E-state index contributed by atoms with van der Waals surface area (Å²) >= 11 is 0. The molecule has 1 aliphatic rings. The number of primary amides is 1. The first-order valence-corrected chi connectivity index (χ1v) is 9.05. The van der Waals surface area contributed by atoms with Crippen LogP contribution in [0.2, 0.25) is 0 Å². The molecule has 1 atom stereocenters. The van der Waals surface area contributed by atoms with Gasteiger partial charge in [-0.2, -0.15) is 15.0 Å². The zero-order valence-electron chi connectivity index (χ0n) is 14.9. The number of likely N-dealkylation sites (tertiary alicyclic amines) is 1. The quantitative estimate of drug-likeness (QED) is 0.745. The summed E-state index contributed by atoms with van der Waals surface area (Å²) in [4.78, 5) is 27.3. The number of fused-ring (bicyclic) bond motifs is 1. The smallest absolute Gasteiger partial charge is 0.248 e. The SMILES string of the molecule is NC(=O)c1cccc(C[C@@H]2CCN(C(=O)Cn3nc4ccccc4n3)C2)c1. The molecule has 2 aromatic carbocycles. The largest absolute Gasteiger partial charge is 0.366 e. The van der Waals surface area contributed by atoms with Gasteiger partial charge in [-0.3, -0.25) is 9.59 Å². The molecular weight excluding hydrogens is 342 g/mol. The van der Waals surface area contributed by atoms with E-state index in [0.29, 0.717) is 18.0 Å². The number of hydrogen-bond donors (Lipinski definition) is 1. The van der Waals surface area contributed by atoms with Crippen molar-refractivity contribution in [2.75, 3.05) is 13.1 Å². The number of benzene rings is 2. The maximum Gasteiger partial charge on any atom is 0.248 e. The predicted octanol–water partition coefficient (Wildman–Crippen LogP) is 1.62. The third-order valence-corrected chi connectivity index (χ3v) is 4.98. The number of nitrogens with two attached hydrogens (primary N) is 1. The Kier molecular flexibility index (Phi) is 4.58. The van der Waals surface area contributed by atoms with Crippen LogP contribution in [0.5, 0.6) is 0 Å². The second-order valence-electron chi connectivity index (χ2n) is 6.98. The molecule has 0 saturated carbocycles. The van der Waals surface area contributed by atoms with Gasteiger partial charge in [-0.05, 0) is 48.6 Å². The summed E-state index contributed by atoms with van der Waals surface area (Å²) in [6.07, 6.45) is 1.77. The van der Waals surface area contributed by atoms with Crippen LogP contribution >= 0.6 is 0 Å². The molecule has 0 aliphatic carbocycles. The lowest BCUT2D eigenvalue weighted by atomic mass is 9.97. The first-order valence-electron chi connectivity index (χ1n) is 9.05. The highest BCUT2D eigenvalue weighted by atomic mass is 16.2. The van der Waals surface area contributed by atoms with Crippen LogP contribution in [0.4, 0.5) is 0 Å². The Labute approximate surface area is 156 Å². The monoisotopic (exact) mass is 363 g/mol. The van der Waals surface area contributed by atoms with Crippen LogP contribution in [-0.2, 0) is 17.8 Å². The fourth-order valence-corrected chi connectivity index (χ4v) is 3.61. The van der Waals surface area contributed by atoms with Crippen LogP contribution in [0, 0.1) is 5.92 Å². The fourth-order valence-electron chi connectivity index (χ4n) is 3.61. The van der Waals surface area contributed by atoms with Crippen molar-refractivity contribution in [2.24, 2.45) is 11.7 Å². The van der Waals surface area contributed by atoms with Gasteiger partial charge in [0.25, 0.3) is 0 Å². The molecule has 138 valence electrons. The first kappa shape index (κ1) is 17.2. The minimum absolute atomic E-state index is 0.0312. The Morgan fingerprint density at radius 3 is 2.52 bits per heavy atom. The predicted molar refractivity (Wildman–Crippen MR) is 101 cm³/mol. The molecule has 1 fully saturated rings. The molecule has 1 aromatic heterocycles. The molecule has 2 amide bonds. The Bertz CT molecular complexity index is 964. The number of hydrogen-bond acceptors (Lipinski definition) is 4. The number of rotatable bonds is 5. The van der Waals surface area contributed by atoms with E-state index in [2.05, 4.69) is 10.2 Å². The molecule has 7 nitrogen and oxygen atoms in total. The molecule has 1 saturated heterocycles. The summed E-state index contributed by atoms with van der Waals surface area (Å²) in [7, 11) is 0. The van der Waals surface area contributed by atoms with Gasteiger partial charge in [0, 0.05) is 18.7 Å². The zero-order valence-corrected chi connectivity index (χ0v) is 14.9. The molecule has 2 heterocycles. The summed E-state index contributed by atoms with van der Waals surface area (Å²) in [5.41, 5.74) is 8.53. The lowest BCUT2D eigenvalue weighted by molar-refractivity contribution is -0.131. The zero-order chi connectivity index (χ0) is 18.8. The second kappa shape index (κ2) is 7.19. The summed E-state index contributed by atoms with van der Waals surface area (Å²) in [6.45, 7) is 1.60. The highest BCUT2D eigenvalue weighted by Crippen LogP contribution is 2.22. The summed E-state index contributed by atoms with van der Waals surface area (Å²) in [6, 6.07) is 15.0. The van der Waals surface area contributed by atoms with E-state index in [-0.39, 0.29) is 12.5 Å². The topological polar surface area (TPSA) is 94.1 Å². The normalized spacial score (nSPS) is 16.7. The average molecular weight is 363 g/mol. The van der Waals surface area contributed by atoms with Crippen LogP contribution in [0.1, 0.15) is 22.3 Å². The Morgan fingerprint density at radius 1 is 1.07 bits per heavy atom. The Balaban J connectivity index is 1.36. The van der Waals surface area contributed by atoms with Gasteiger partial charge in [-0.1, -0.05) is 24.3 Å². The van der Waals surface area contributed by atoms with Gasteiger partial charge in [0.15, 0.2) is 0 Å². The van der Waals surface area contributed by atoms with Crippen molar-refractivity contribution in [1.29, 1.82) is 0 Å². The van der Waals surface area contributed by atoms with E-state index in [1.165, 1.54) is 4.80 Å². The van der Waals surface area contributed by atoms with Crippen LogP contribution in [0.25, 0.3) is 11.0 Å². The molecule has 0 bridgehead atoms. The molecule has 4 rings (SSSR count). The van der Waals surface area contributed by atoms with Crippen molar-refractivity contribution in [3.63, 3.8) is 0 Å². The molecular formula is C20H21N5O2. The number of amides is 2. The van der Waals surface area contributed by atoms with Gasteiger partial charge in [0.2, 0.25) is 11.8 Å². The van der Waals surface area contributed by atoms with Gasteiger partial charge >= 0.3 is 0 Å². The third-order valence-electron chi connectivity index (χ3n) is 4.98. The lowest BCUT2D eigenvalue weighted by Crippen LogP contribution is -2.32.